The molecule has 4 rings (SSSR count). The quantitative estimate of drug-likeness (QED) is 0.576. The topological polar surface area (TPSA) is 71.4 Å². The van der Waals surface area contributed by atoms with E-state index in [2.05, 4.69) is 11.4 Å². The van der Waals surface area contributed by atoms with Crippen molar-refractivity contribution >= 4 is 34.0 Å². The van der Waals surface area contributed by atoms with Crippen LogP contribution in [0.2, 0.25) is 0 Å². The molecule has 1 aromatic heterocycles. The largest absolute Gasteiger partial charge is 0.490 e. The smallest absolute Gasteiger partial charge is 0.235 e. The molecule has 2 aliphatic rings. The number of ether oxygens (including phenoxy) is 2. The van der Waals surface area contributed by atoms with Crippen LogP contribution in [0.1, 0.15) is 41.7 Å². The first kappa shape index (κ1) is 19.2. The molecule has 5 nitrogen and oxygen atoms in total. The number of nitrogens with one attached hydrogen (secondary N) is 1. The number of thiophene rings is 1. The molecule has 0 saturated carbocycles. The minimum atomic E-state index is -0.0926. The molecule has 28 heavy (non-hydrogen) atoms. The number of amides is 1. The third kappa shape index (κ3) is 4.29. The van der Waals surface area contributed by atoms with Gasteiger partial charge in [0.05, 0.1) is 24.5 Å². The summed E-state index contributed by atoms with van der Waals surface area (Å²) in [5.41, 5.74) is 1.81. The number of nitrogens with zero attached hydrogens (tertiary/aromatic N) is 1. The van der Waals surface area contributed by atoms with Gasteiger partial charge in [-0.15, -0.1) is 23.1 Å². The number of aryl methyl sites for hydroxylation is 1. The summed E-state index contributed by atoms with van der Waals surface area (Å²) in [7, 11) is 0. The zero-order chi connectivity index (χ0) is 19.3. The molecule has 0 saturated heterocycles. The van der Waals surface area contributed by atoms with Crippen LogP contribution < -0.4 is 14.8 Å². The SMILES string of the molecule is N#Cc1c(NC(=O)CSc2ccc3c(c2)OCCCO3)sc2c1CCCCC2. The Kier molecular flexibility index (Phi) is 6.08. The summed E-state index contributed by atoms with van der Waals surface area (Å²) in [5, 5.41) is 13.3. The first-order valence-corrected chi connectivity index (χ1v) is 11.4. The average molecular weight is 415 g/mol. The molecule has 1 aliphatic carbocycles. The van der Waals surface area contributed by atoms with Crippen LogP contribution in [0, 0.1) is 11.3 Å². The summed E-state index contributed by atoms with van der Waals surface area (Å²) < 4.78 is 11.3. The van der Waals surface area contributed by atoms with Crippen LogP contribution >= 0.6 is 23.1 Å². The van der Waals surface area contributed by atoms with Crippen molar-refractivity contribution in [3.63, 3.8) is 0 Å². The van der Waals surface area contributed by atoms with Gasteiger partial charge < -0.3 is 14.8 Å². The lowest BCUT2D eigenvalue weighted by Crippen LogP contribution is -2.14. The summed E-state index contributed by atoms with van der Waals surface area (Å²) in [4.78, 5) is 14.7. The lowest BCUT2D eigenvalue weighted by atomic mass is 10.1. The van der Waals surface area contributed by atoms with Gasteiger partial charge in [-0.25, -0.2) is 0 Å². The number of thioether (sulfide) groups is 1. The Morgan fingerprint density at radius 2 is 1.96 bits per heavy atom. The number of fused-ring (bicyclic) bond motifs is 2. The van der Waals surface area contributed by atoms with Crippen molar-refractivity contribution in [2.24, 2.45) is 0 Å². The van der Waals surface area contributed by atoms with Crippen LogP contribution in [0.3, 0.4) is 0 Å². The molecular formula is C21H22N2O3S2. The van der Waals surface area contributed by atoms with Crippen molar-refractivity contribution < 1.29 is 14.3 Å². The first-order chi connectivity index (χ1) is 13.7. The van der Waals surface area contributed by atoms with Crippen molar-refractivity contribution in [3.8, 4) is 17.6 Å². The summed E-state index contributed by atoms with van der Waals surface area (Å²) in [5.74, 6) is 1.68. The van der Waals surface area contributed by atoms with Crippen molar-refractivity contribution in [2.45, 2.75) is 43.4 Å². The Labute approximate surface area is 173 Å². The van der Waals surface area contributed by atoms with Crippen LogP contribution in [0.4, 0.5) is 5.00 Å². The second kappa shape index (κ2) is 8.89. The van der Waals surface area contributed by atoms with Crippen molar-refractivity contribution in [1.82, 2.24) is 0 Å². The van der Waals surface area contributed by atoms with Crippen LogP contribution in [0.25, 0.3) is 0 Å². The van der Waals surface area contributed by atoms with Gasteiger partial charge in [-0.05, 0) is 49.4 Å². The molecule has 1 aromatic carbocycles. The maximum atomic E-state index is 12.5. The number of anilines is 1. The number of hydrogen-bond acceptors (Lipinski definition) is 6. The number of carbonyl (C=O) groups is 1. The van der Waals surface area contributed by atoms with Gasteiger partial charge in [0, 0.05) is 16.2 Å². The summed E-state index contributed by atoms with van der Waals surface area (Å²) in [6.07, 6.45) is 6.30. The second-order valence-corrected chi connectivity index (χ2v) is 9.03. The maximum Gasteiger partial charge on any atom is 0.235 e. The third-order valence-electron chi connectivity index (χ3n) is 4.87. The van der Waals surface area contributed by atoms with Gasteiger partial charge in [0.25, 0.3) is 0 Å². The highest BCUT2D eigenvalue weighted by Gasteiger charge is 2.21. The van der Waals surface area contributed by atoms with Crippen LogP contribution in [-0.2, 0) is 17.6 Å². The average Bonchev–Trinajstić information content (AvgIpc) is 2.90. The van der Waals surface area contributed by atoms with E-state index in [1.54, 1.807) is 11.3 Å². The Morgan fingerprint density at radius 1 is 1.14 bits per heavy atom. The summed E-state index contributed by atoms with van der Waals surface area (Å²) >= 11 is 3.02. The van der Waals surface area contributed by atoms with Crippen LogP contribution in [0.15, 0.2) is 23.1 Å². The lowest BCUT2D eigenvalue weighted by molar-refractivity contribution is -0.113. The maximum absolute atomic E-state index is 12.5. The number of benzene rings is 1. The predicted octanol–water partition coefficient (Wildman–Crippen LogP) is 4.78. The molecule has 7 heteroatoms. The standard InChI is InChI=1S/C21H22N2O3S2/c22-12-16-15-5-2-1-3-6-19(15)28-21(16)23-20(24)13-27-14-7-8-17-18(11-14)26-10-4-9-25-17/h7-8,11H,1-6,9-10,13H2,(H,23,24). The fourth-order valence-corrected chi connectivity index (χ4v) is 5.47. The number of carbonyl (C=O) groups excluding carboxylic acids is 1. The highest BCUT2D eigenvalue weighted by molar-refractivity contribution is 8.00. The molecule has 0 fully saturated rings. The molecule has 0 unspecified atom stereocenters. The van der Waals surface area contributed by atoms with E-state index in [4.69, 9.17) is 9.47 Å². The Bertz CT molecular complexity index is 917. The van der Waals surface area contributed by atoms with E-state index < -0.39 is 0 Å². The molecule has 0 spiro atoms. The van der Waals surface area contributed by atoms with Crippen molar-refractivity contribution in [2.75, 3.05) is 24.3 Å². The Balaban J connectivity index is 1.40. The molecule has 0 atom stereocenters. The molecular weight excluding hydrogens is 392 g/mol. The van der Waals surface area contributed by atoms with Gasteiger partial charge in [0.2, 0.25) is 5.91 Å². The molecule has 146 valence electrons. The van der Waals surface area contributed by atoms with Gasteiger partial charge in [-0.2, -0.15) is 5.26 Å². The summed E-state index contributed by atoms with van der Waals surface area (Å²) in [6.45, 7) is 1.30. The van der Waals surface area contributed by atoms with E-state index in [0.29, 0.717) is 23.8 Å². The Hall–Kier alpha value is -2.17. The molecule has 1 amide bonds. The highest BCUT2D eigenvalue weighted by atomic mass is 32.2. The number of rotatable bonds is 4. The third-order valence-corrected chi connectivity index (χ3v) is 7.08. The van der Waals surface area contributed by atoms with Crippen molar-refractivity contribution in [3.05, 3.63) is 34.2 Å². The molecule has 1 aliphatic heterocycles. The van der Waals surface area contributed by atoms with E-state index in [1.807, 2.05) is 18.2 Å². The van der Waals surface area contributed by atoms with Gasteiger partial charge in [0.1, 0.15) is 11.1 Å². The van der Waals surface area contributed by atoms with Gasteiger partial charge >= 0.3 is 0 Å². The molecule has 1 N–H and O–H groups in total. The van der Waals surface area contributed by atoms with E-state index in [9.17, 15) is 10.1 Å². The van der Waals surface area contributed by atoms with Gasteiger partial charge in [0.15, 0.2) is 11.5 Å². The fourth-order valence-electron chi connectivity index (χ4n) is 3.49. The molecule has 2 aromatic rings. The second-order valence-electron chi connectivity index (χ2n) is 6.88. The number of nitriles is 1. The molecule has 0 bridgehead atoms. The van der Waals surface area contributed by atoms with Gasteiger partial charge in [-0.3, -0.25) is 4.79 Å². The zero-order valence-corrected chi connectivity index (χ0v) is 17.2. The van der Waals surface area contributed by atoms with E-state index in [0.717, 1.165) is 54.1 Å². The van der Waals surface area contributed by atoms with Gasteiger partial charge in [-0.1, -0.05) is 6.42 Å². The Morgan fingerprint density at radius 3 is 2.82 bits per heavy atom. The van der Waals surface area contributed by atoms with E-state index in [-0.39, 0.29) is 11.7 Å². The lowest BCUT2D eigenvalue weighted by Gasteiger charge is -2.09. The minimum absolute atomic E-state index is 0.0926. The molecule has 2 heterocycles. The van der Waals surface area contributed by atoms with Crippen LogP contribution in [-0.4, -0.2) is 24.9 Å². The first-order valence-electron chi connectivity index (χ1n) is 9.61. The summed E-state index contributed by atoms with van der Waals surface area (Å²) in [6, 6.07) is 8.07. The minimum Gasteiger partial charge on any atom is -0.490 e. The highest BCUT2D eigenvalue weighted by Crippen LogP contribution is 2.37. The monoisotopic (exact) mass is 414 g/mol. The normalized spacial score (nSPS) is 15.7. The van der Waals surface area contributed by atoms with Crippen LogP contribution in [0.5, 0.6) is 11.5 Å². The fraction of sp³-hybridized carbons (Fsp3) is 0.429. The number of hydrogen-bond donors (Lipinski definition) is 1. The van der Waals surface area contributed by atoms with E-state index in [1.165, 1.54) is 23.1 Å². The molecule has 0 radical (unpaired) electrons. The van der Waals surface area contributed by atoms with Crippen molar-refractivity contribution in [1.29, 1.82) is 5.26 Å². The van der Waals surface area contributed by atoms with E-state index >= 15 is 0 Å². The zero-order valence-electron chi connectivity index (χ0n) is 15.6. The predicted molar refractivity (Wildman–Crippen MR) is 112 cm³/mol.